The number of nitrogens with zero attached hydrogens (tertiary/aromatic N) is 2. The summed E-state index contributed by atoms with van der Waals surface area (Å²) in [4.78, 5) is 5.46. The molecule has 0 radical (unpaired) electrons. The van der Waals surface area contributed by atoms with E-state index in [-0.39, 0.29) is 6.04 Å². The Morgan fingerprint density at radius 2 is 2.58 bits per heavy atom. The molecule has 0 amide bonds. The zero-order chi connectivity index (χ0) is 8.55. The number of aromatic nitrogens is 2. The summed E-state index contributed by atoms with van der Waals surface area (Å²) in [6, 6.07) is 0.189. The van der Waals surface area contributed by atoms with E-state index in [1.165, 1.54) is 0 Å². The highest BCUT2D eigenvalue weighted by molar-refractivity contribution is 7.15. The Hall–Kier alpha value is -0.870. The third-order valence-electron chi connectivity index (χ3n) is 1.67. The van der Waals surface area contributed by atoms with Gasteiger partial charge in [0.15, 0.2) is 4.96 Å². The molecule has 1 atom stereocenters. The molecule has 0 spiro atoms. The quantitative estimate of drug-likeness (QED) is 0.758. The van der Waals surface area contributed by atoms with Gasteiger partial charge < -0.3 is 5.73 Å². The van der Waals surface area contributed by atoms with Gasteiger partial charge in [0.25, 0.3) is 0 Å². The smallest absolute Gasteiger partial charge is 0.193 e. The number of nitrogens with two attached hydrogens (primary N) is 1. The fourth-order valence-electron chi connectivity index (χ4n) is 1.20. The van der Waals surface area contributed by atoms with Crippen LogP contribution in [0.4, 0.5) is 0 Å². The van der Waals surface area contributed by atoms with Crippen LogP contribution in [0.15, 0.2) is 17.8 Å². The molecule has 0 aliphatic carbocycles. The lowest BCUT2D eigenvalue weighted by molar-refractivity contribution is 0.726. The van der Waals surface area contributed by atoms with Crippen LogP contribution in [-0.2, 0) is 6.42 Å². The maximum atomic E-state index is 5.67. The average Bonchev–Trinajstić information content (AvgIpc) is 2.43. The fourth-order valence-corrected chi connectivity index (χ4v) is 1.92. The van der Waals surface area contributed by atoms with Crippen molar-refractivity contribution in [1.29, 1.82) is 0 Å². The van der Waals surface area contributed by atoms with Gasteiger partial charge in [-0.05, 0) is 6.92 Å². The number of rotatable bonds is 2. The predicted molar refractivity (Wildman–Crippen MR) is 50.4 cm³/mol. The van der Waals surface area contributed by atoms with Crippen LogP contribution in [0.5, 0.6) is 0 Å². The molecule has 0 bridgehead atoms. The molecular weight excluding hydrogens is 170 g/mol. The average molecular weight is 181 g/mol. The number of thiazole rings is 1. The van der Waals surface area contributed by atoms with Crippen molar-refractivity contribution < 1.29 is 0 Å². The van der Waals surface area contributed by atoms with Crippen LogP contribution in [0.1, 0.15) is 12.6 Å². The van der Waals surface area contributed by atoms with Crippen LogP contribution in [0.2, 0.25) is 0 Å². The lowest BCUT2D eigenvalue weighted by atomic mass is 10.2. The van der Waals surface area contributed by atoms with E-state index in [4.69, 9.17) is 5.73 Å². The van der Waals surface area contributed by atoms with Crippen molar-refractivity contribution in [2.45, 2.75) is 19.4 Å². The predicted octanol–water partition coefficient (Wildman–Crippen LogP) is 1.29. The highest BCUT2D eigenvalue weighted by atomic mass is 32.1. The molecule has 64 valence electrons. The van der Waals surface area contributed by atoms with Crippen LogP contribution >= 0.6 is 11.3 Å². The number of hydrogen-bond acceptors (Lipinski definition) is 3. The van der Waals surface area contributed by atoms with Gasteiger partial charge in [0, 0.05) is 30.2 Å². The minimum Gasteiger partial charge on any atom is -0.328 e. The molecule has 2 rings (SSSR count). The van der Waals surface area contributed by atoms with Gasteiger partial charge in [-0.25, -0.2) is 4.98 Å². The van der Waals surface area contributed by atoms with Crippen LogP contribution in [0.25, 0.3) is 4.96 Å². The second-order valence-electron chi connectivity index (χ2n) is 3.01. The molecule has 0 aliphatic heterocycles. The third-order valence-corrected chi connectivity index (χ3v) is 2.44. The summed E-state index contributed by atoms with van der Waals surface area (Å²) in [7, 11) is 0. The number of imidazole rings is 1. The molecule has 2 aromatic rings. The normalized spacial score (nSPS) is 13.8. The number of hydrogen-bond donors (Lipinski definition) is 1. The van der Waals surface area contributed by atoms with Crippen molar-refractivity contribution in [2.24, 2.45) is 5.73 Å². The van der Waals surface area contributed by atoms with Crippen molar-refractivity contribution in [3.63, 3.8) is 0 Å². The summed E-state index contributed by atoms with van der Waals surface area (Å²) in [6.45, 7) is 1.99. The second kappa shape index (κ2) is 2.88. The first kappa shape index (κ1) is 7.76. The van der Waals surface area contributed by atoms with E-state index >= 15 is 0 Å². The highest BCUT2D eigenvalue weighted by Crippen LogP contribution is 2.11. The molecule has 12 heavy (non-hydrogen) atoms. The summed E-state index contributed by atoms with van der Waals surface area (Å²) in [6.07, 6.45) is 4.90. The topological polar surface area (TPSA) is 43.3 Å². The zero-order valence-electron chi connectivity index (χ0n) is 6.90. The van der Waals surface area contributed by atoms with E-state index in [0.29, 0.717) is 0 Å². The molecule has 0 saturated carbocycles. The third kappa shape index (κ3) is 1.35. The maximum Gasteiger partial charge on any atom is 0.193 e. The first-order valence-electron chi connectivity index (χ1n) is 3.92. The summed E-state index contributed by atoms with van der Waals surface area (Å²) in [5.74, 6) is 0. The van der Waals surface area contributed by atoms with Crippen molar-refractivity contribution in [3.8, 4) is 0 Å². The Balaban J connectivity index is 2.32. The SMILES string of the molecule is C[C@H](N)Cc1cn2ccsc2n1. The zero-order valence-corrected chi connectivity index (χ0v) is 7.71. The standard InChI is InChI=1S/C8H11N3S/c1-6(9)4-7-5-11-2-3-12-8(11)10-7/h2-3,5-6H,4,9H2,1H3/t6-/m0/s1. The molecule has 3 nitrogen and oxygen atoms in total. The van der Waals surface area contributed by atoms with E-state index < -0.39 is 0 Å². The number of fused-ring (bicyclic) bond motifs is 1. The summed E-state index contributed by atoms with van der Waals surface area (Å²) >= 11 is 1.65. The Morgan fingerprint density at radius 1 is 1.75 bits per heavy atom. The van der Waals surface area contributed by atoms with E-state index in [1.54, 1.807) is 11.3 Å². The highest BCUT2D eigenvalue weighted by Gasteiger charge is 2.03. The Bertz CT molecular complexity index is 346. The monoisotopic (exact) mass is 181 g/mol. The lowest BCUT2D eigenvalue weighted by Gasteiger charge is -1.98. The summed E-state index contributed by atoms with van der Waals surface area (Å²) < 4.78 is 2.03. The second-order valence-corrected chi connectivity index (χ2v) is 3.88. The maximum absolute atomic E-state index is 5.67. The van der Waals surface area contributed by atoms with Crippen molar-refractivity contribution >= 4 is 16.3 Å². The Kier molecular flexibility index (Phi) is 1.86. The largest absolute Gasteiger partial charge is 0.328 e. The summed E-state index contributed by atoms with van der Waals surface area (Å²) in [5.41, 5.74) is 6.75. The minimum absolute atomic E-state index is 0.189. The molecule has 0 aromatic carbocycles. The van der Waals surface area contributed by atoms with Crippen LogP contribution in [-0.4, -0.2) is 15.4 Å². The molecule has 0 unspecified atom stereocenters. The summed E-state index contributed by atoms with van der Waals surface area (Å²) in [5, 5.41) is 2.03. The molecule has 2 N–H and O–H groups in total. The fraction of sp³-hybridized carbons (Fsp3) is 0.375. The van der Waals surface area contributed by atoms with Gasteiger partial charge in [-0.15, -0.1) is 11.3 Å². The van der Waals surface area contributed by atoms with E-state index in [1.807, 2.05) is 29.1 Å². The first-order chi connectivity index (χ1) is 5.75. The Labute approximate surface area is 74.8 Å². The lowest BCUT2D eigenvalue weighted by Crippen LogP contribution is -2.17. The van der Waals surface area contributed by atoms with Gasteiger partial charge in [-0.3, -0.25) is 4.40 Å². The molecule has 2 heterocycles. The van der Waals surface area contributed by atoms with Gasteiger partial charge in [0.2, 0.25) is 0 Å². The van der Waals surface area contributed by atoms with Crippen molar-refractivity contribution in [3.05, 3.63) is 23.5 Å². The molecule has 0 saturated heterocycles. The van der Waals surface area contributed by atoms with E-state index in [0.717, 1.165) is 17.1 Å². The van der Waals surface area contributed by atoms with E-state index in [2.05, 4.69) is 4.98 Å². The van der Waals surface area contributed by atoms with E-state index in [9.17, 15) is 0 Å². The van der Waals surface area contributed by atoms with Crippen LogP contribution in [0, 0.1) is 0 Å². The molecule has 4 heteroatoms. The molecule has 0 aliphatic rings. The van der Waals surface area contributed by atoms with Crippen molar-refractivity contribution in [2.75, 3.05) is 0 Å². The first-order valence-corrected chi connectivity index (χ1v) is 4.80. The minimum atomic E-state index is 0.189. The van der Waals surface area contributed by atoms with Gasteiger partial charge in [-0.1, -0.05) is 0 Å². The molecule has 2 aromatic heterocycles. The molecular formula is C8H11N3S. The van der Waals surface area contributed by atoms with Gasteiger partial charge in [0.05, 0.1) is 5.69 Å². The van der Waals surface area contributed by atoms with Gasteiger partial charge >= 0.3 is 0 Å². The van der Waals surface area contributed by atoms with Crippen molar-refractivity contribution in [1.82, 2.24) is 9.38 Å². The van der Waals surface area contributed by atoms with Crippen LogP contribution in [0.3, 0.4) is 0 Å². The van der Waals surface area contributed by atoms with Crippen LogP contribution < -0.4 is 5.73 Å². The Morgan fingerprint density at radius 3 is 3.25 bits per heavy atom. The van der Waals surface area contributed by atoms with Gasteiger partial charge in [-0.2, -0.15) is 0 Å². The molecule has 0 fully saturated rings. The van der Waals surface area contributed by atoms with Gasteiger partial charge in [0.1, 0.15) is 0 Å².